The Bertz CT molecular complexity index is 553. The monoisotopic (exact) mass is 249 g/mol. The molecule has 0 aromatic heterocycles. The van der Waals surface area contributed by atoms with E-state index in [1.54, 1.807) is 19.0 Å². The molecular weight excluding hydrogens is 238 g/mol. The Kier molecular flexibility index (Phi) is 2.84. The number of carbonyl (C=O) groups is 2. The van der Waals surface area contributed by atoms with E-state index in [0.29, 0.717) is 0 Å². The van der Waals surface area contributed by atoms with E-state index in [4.69, 9.17) is 0 Å². The number of amides is 2. The molecule has 0 atom stereocenters. The zero-order valence-corrected chi connectivity index (χ0v) is 9.91. The number of non-ortho nitro benzene ring substituents is 1. The van der Waals surface area contributed by atoms with Crippen molar-refractivity contribution in [2.45, 2.75) is 0 Å². The number of carbonyl (C=O) groups excluding carboxylic acids is 2. The fourth-order valence-corrected chi connectivity index (χ4v) is 1.80. The molecule has 7 heteroatoms. The number of fused-ring (bicyclic) bond motifs is 1. The van der Waals surface area contributed by atoms with Crippen LogP contribution in [0.2, 0.25) is 0 Å². The third kappa shape index (κ3) is 1.84. The molecule has 0 bridgehead atoms. The quantitative estimate of drug-likeness (QED) is 0.447. The van der Waals surface area contributed by atoms with Crippen LogP contribution in [-0.2, 0) is 0 Å². The second-order valence-corrected chi connectivity index (χ2v) is 4.25. The number of nitro benzene ring substituents is 1. The average molecular weight is 249 g/mol. The van der Waals surface area contributed by atoms with Gasteiger partial charge >= 0.3 is 0 Å². The summed E-state index contributed by atoms with van der Waals surface area (Å²) in [4.78, 5) is 36.7. The maximum atomic E-state index is 12.0. The predicted octanol–water partition coefficient (Wildman–Crippen LogP) is 0.710. The van der Waals surface area contributed by atoms with Gasteiger partial charge in [-0.05, 0) is 20.2 Å². The van der Waals surface area contributed by atoms with Crippen LogP contribution in [0.25, 0.3) is 0 Å². The van der Waals surface area contributed by atoms with Crippen molar-refractivity contribution in [3.63, 3.8) is 0 Å². The summed E-state index contributed by atoms with van der Waals surface area (Å²) in [7, 11) is 3.46. The molecule has 18 heavy (non-hydrogen) atoms. The van der Waals surface area contributed by atoms with Crippen LogP contribution in [0.4, 0.5) is 5.69 Å². The molecule has 0 radical (unpaired) electrons. The maximum Gasteiger partial charge on any atom is 0.270 e. The number of imide groups is 1. The van der Waals surface area contributed by atoms with Gasteiger partial charge in [-0.3, -0.25) is 29.5 Å². The normalized spacial score (nSPS) is 14.3. The summed E-state index contributed by atoms with van der Waals surface area (Å²) in [5.74, 6) is -0.911. The smallest absolute Gasteiger partial charge is 0.270 e. The first-order valence-corrected chi connectivity index (χ1v) is 5.21. The molecule has 1 aliphatic heterocycles. The highest BCUT2D eigenvalue weighted by Crippen LogP contribution is 2.26. The van der Waals surface area contributed by atoms with Crippen LogP contribution in [0.5, 0.6) is 0 Å². The van der Waals surface area contributed by atoms with Crippen LogP contribution >= 0.6 is 0 Å². The molecule has 0 fully saturated rings. The molecule has 1 heterocycles. The van der Waals surface area contributed by atoms with Gasteiger partial charge in [0, 0.05) is 12.1 Å². The van der Waals surface area contributed by atoms with Gasteiger partial charge in [-0.15, -0.1) is 0 Å². The molecule has 1 aliphatic rings. The van der Waals surface area contributed by atoms with Crippen LogP contribution in [0.3, 0.4) is 0 Å². The van der Waals surface area contributed by atoms with E-state index >= 15 is 0 Å². The third-order valence-electron chi connectivity index (χ3n) is 2.59. The van der Waals surface area contributed by atoms with Gasteiger partial charge in [-0.25, -0.2) is 0 Å². The van der Waals surface area contributed by atoms with Crippen molar-refractivity contribution in [3.8, 4) is 0 Å². The number of benzene rings is 1. The molecule has 0 unspecified atom stereocenters. The van der Waals surface area contributed by atoms with Crippen molar-refractivity contribution in [2.24, 2.45) is 0 Å². The van der Waals surface area contributed by atoms with E-state index in [1.807, 2.05) is 0 Å². The molecular formula is C11H11N3O4. The largest absolute Gasteiger partial charge is 0.292 e. The molecule has 0 spiro atoms. The lowest BCUT2D eigenvalue weighted by molar-refractivity contribution is -0.384. The Balaban J connectivity index is 2.42. The van der Waals surface area contributed by atoms with Crippen molar-refractivity contribution in [3.05, 3.63) is 39.4 Å². The summed E-state index contributed by atoms with van der Waals surface area (Å²) in [6, 6.07) is 3.69. The maximum absolute atomic E-state index is 12.0. The molecule has 0 saturated heterocycles. The Hall–Kier alpha value is -2.28. The second-order valence-electron chi connectivity index (χ2n) is 4.25. The lowest BCUT2D eigenvalue weighted by Crippen LogP contribution is -2.37. The van der Waals surface area contributed by atoms with Crippen LogP contribution in [0, 0.1) is 10.1 Å². The van der Waals surface area contributed by atoms with Gasteiger partial charge in [-0.1, -0.05) is 0 Å². The highest BCUT2D eigenvalue weighted by Gasteiger charge is 2.36. The lowest BCUT2D eigenvalue weighted by atomic mass is 10.1. The standard InChI is InChI=1S/C11H11N3O4/c1-12(2)6-13-10(15)8-4-3-7(14(17)18)5-9(8)11(13)16/h3-5H,6H2,1-2H3. The van der Waals surface area contributed by atoms with Gasteiger partial charge in [0.05, 0.1) is 22.7 Å². The van der Waals surface area contributed by atoms with Gasteiger partial charge in [0.15, 0.2) is 0 Å². The van der Waals surface area contributed by atoms with Gasteiger partial charge in [0.1, 0.15) is 0 Å². The van der Waals surface area contributed by atoms with E-state index in [0.717, 1.165) is 11.0 Å². The van der Waals surface area contributed by atoms with E-state index in [2.05, 4.69) is 0 Å². The highest BCUT2D eigenvalue weighted by atomic mass is 16.6. The number of hydrogen-bond acceptors (Lipinski definition) is 5. The van der Waals surface area contributed by atoms with Crippen LogP contribution < -0.4 is 0 Å². The van der Waals surface area contributed by atoms with Gasteiger partial charge < -0.3 is 0 Å². The first kappa shape index (κ1) is 12.2. The minimum absolute atomic E-state index is 0.0936. The molecule has 94 valence electrons. The van der Waals surface area contributed by atoms with E-state index in [9.17, 15) is 19.7 Å². The van der Waals surface area contributed by atoms with E-state index in [1.165, 1.54) is 12.1 Å². The van der Waals surface area contributed by atoms with E-state index < -0.39 is 16.7 Å². The lowest BCUT2D eigenvalue weighted by Gasteiger charge is -2.18. The van der Waals surface area contributed by atoms with Gasteiger partial charge in [-0.2, -0.15) is 0 Å². The fourth-order valence-electron chi connectivity index (χ4n) is 1.80. The van der Waals surface area contributed by atoms with Crippen molar-refractivity contribution >= 4 is 17.5 Å². The Morgan fingerprint density at radius 1 is 1.22 bits per heavy atom. The average Bonchev–Trinajstić information content (AvgIpc) is 2.53. The third-order valence-corrected chi connectivity index (χ3v) is 2.59. The summed E-state index contributed by atoms with van der Waals surface area (Å²) < 4.78 is 0. The molecule has 7 nitrogen and oxygen atoms in total. The summed E-state index contributed by atoms with van der Waals surface area (Å²) in [5, 5.41) is 10.6. The molecule has 0 saturated carbocycles. The summed E-state index contributed by atoms with van der Waals surface area (Å²) in [6.07, 6.45) is 0. The number of nitrogens with zero attached hydrogens (tertiary/aromatic N) is 3. The van der Waals surface area contributed by atoms with Gasteiger partial charge in [0.25, 0.3) is 17.5 Å². The Morgan fingerprint density at radius 2 is 1.83 bits per heavy atom. The SMILES string of the molecule is CN(C)CN1C(=O)c2ccc([N+](=O)[O-])cc2C1=O. The molecule has 1 aromatic carbocycles. The van der Waals surface area contributed by atoms with Crippen LogP contribution in [-0.4, -0.2) is 47.3 Å². The minimum atomic E-state index is -0.591. The first-order valence-electron chi connectivity index (χ1n) is 5.21. The number of rotatable bonds is 3. The Labute approximate surface area is 103 Å². The molecule has 2 amide bonds. The number of hydrogen-bond donors (Lipinski definition) is 0. The topological polar surface area (TPSA) is 83.8 Å². The van der Waals surface area contributed by atoms with Crippen LogP contribution in [0.1, 0.15) is 20.7 Å². The number of nitro groups is 1. The molecule has 1 aromatic rings. The fraction of sp³-hybridized carbons (Fsp3) is 0.273. The van der Waals surface area contributed by atoms with Crippen LogP contribution in [0.15, 0.2) is 18.2 Å². The van der Waals surface area contributed by atoms with Crippen molar-refractivity contribution in [2.75, 3.05) is 20.8 Å². The summed E-state index contributed by atoms with van der Waals surface area (Å²) >= 11 is 0. The van der Waals surface area contributed by atoms with Crippen molar-refractivity contribution < 1.29 is 14.5 Å². The molecule has 0 N–H and O–H groups in total. The predicted molar refractivity (Wildman–Crippen MR) is 62.2 cm³/mol. The zero-order chi connectivity index (χ0) is 13.4. The van der Waals surface area contributed by atoms with Crippen molar-refractivity contribution in [1.29, 1.82) is 0 Å². The first-order chi connectivity index (χ1) is 8.41. The molecule has 2 rings (SSSR count). The Morgan fingerprint density at radius 3 is 2.39 bits per heavy atom. The highest BCUT2D eigenvalue weighted by molar-refractivity contribution is 6.21. The summed E-state index contributed by atoms with van der Waals surface area (Å²) in [5.41, 5.74) is 0.116. The second kappa shape index (κ2) is 4.19. The van der Waals surface area contributed by atoms with Gasteiger partial charge in [0.2, 0.25) is 0 Å². The molecule has 0 aliphatic carbocycles. The van der Waals surface area contributed by atoms with Crippen molar-refractivity contribution in [1.82, 2.24) is 9.80 Å². The minimum Gasteiger partial charge on any atom is -0.292 e. The summed E-state index contributed by atoms with van der Waals surface area (Å²) in [6.45, 7) is 0.153. The van der Waals surface area contributed by atoms with E-state index in [-0.39, 0.29) is 23.5 Å². The zero-order valence-electron chi connectivity index (χ0n) is 9.91.